The molecule has 3 rings (SSSR count). The number of methoxy groups -OCH3 is 1. The van der Waals surface area contributed by atoms with E-state index in [0.29, 0.717) is 5.75 Å². The lowest BCUT2D eigenvalue weighted by molar-refractivity contribution is -0.208. The van der Waals surface area contributed by atoms with Gasteiger partial charge in [0.25, 0.3) is 11.9 Å². The monoisotopic (exact) mass is 427 g/mol. The minimum atomic E-state index is -4.73. The van der Waals surface area contributed by atoms with Gasteiger partial charge in [0.2, 0.25) is 0 Å². The van der Waals surface area contributed by atoms with Crippen molar-refractivity contribution in [1.82, 2.24) is 9.97 Å². The highest BCUT2D eigenvalue weighted by atomic mass is 19.4. The van der Waals surface area contributed by atoms with Crippen molar-refractivity contribution in [3.8, 4) is 5.75 Å². The summed E-state index contributed by atoms with van der Waals surface area (Å²) in [6.45, 7) is 1.25. The summed E-state index contributed by atoms with van der Waals surface area (Å²) in [5.41, 5.74) is 3.25. The summed E-state index contributed by atoms with van der Waals surface area (Å²) in [6, 6.07) is 4.32. The first kappa shape index (κ1) is 21.3. The number of aliphatic imine (C=N–C) groups is 1. The van der Waals surface area contributed by atoms with Gasteiger partial charge in [-0.05, 0) is 31.2 Å². The molecule has 30 heavy (non-hydrogen) atoms. The van der Waals surface area contributed by atoms with Crippen molar-refractivity contribution in [3.05, 3.63) is 47.7 Å². The van der Waals surface area contributed by atoms with Crippen molar-refractivity contribution in [2.75, 3.05) is 12.4 Å². The SMILES string of the molecule is COc1ccc(C(=O)Nc2ccc(F)c([C@@]3(C)C[C@@H](C(F)(F)F)OC(N)=N3)n2)nc1. The maximum atomic E-state index is 14.5. The number of anilines is 1. The third-order valence-corrected chi connectivity index (χ3v) is 4.37. The number of hydrogen-bond acceptors (Lipinski definition) is 7. The molecule has 0 radical (unpaired) electrons. The number of amides is 1. The number of halogens is 4. The first-order valence-corrected chi connectivity index (χ1v) is 8.59. The van der Waals surface area contributed by atoms with Crippen LogP contribution in [0.4, 0.5) is 23.4 Å². The lowest BCUT2D eigenvalue weighted by Crippen LogP contribution is -2.46. The molecule has 1 amide bonds. The molecule has 0 aromatic carbocycles. The highest BCUT2D eigenvalue weighted by Crippen LogP contribution is 2.40. The fourth-order valence-corrected chi connectivity index (χ4v) is 2.90. The molecule has 8 nitrogen and oxygen atoms in total. The van der Waals surface area contributed by atoms with Crippen LogP contribution in [0, 0.1) is 5.82 Å². The van der Waals surface area contributed by atoms with Crippen molar-refractivity contribution in [1.29, 1.82) is 0 Å². The van der Waals surface area contributed by atoms with Crippen LogP contribution < -0.4 is 15.8 Å². The van der Waals surface area contributed by atoms with E-state index in [0.717, 1.165) is 12.1 Å². The van der Waals surface area contributed by atoms with E-state index in [1.54, 1.807) is 0 Å². The molecule has 12 heteroatoms. The van der Waals surface area contributed by atoms with E-state index in [2.05, 4.69) is 25.0 Å². The fraction of sp³-hybridized carbons (Fsp3) is 0.333. The fourth-order valence-electron chi connectivity index (χ4n) is 2.90. The summed E-state index contributed by atoms with van der Waals surface area (Å²) >= 11 is 0. The van der Waals surface area contributed by atoms with Crippen molar-refractivity contribution in [2.45, 2.75) is 31.2 Å². The Balaban J connectivity index is 1.89. The third kappa shape index (κ3) is 4.42. The number of alkyl halides is 3. The number of nitrogens with two attached hydrogens (primary N) is 1. The Hall–Kier alpha value is -3.44. The van der Waals surface area contributed by atoms with E-state index in [9.17, 15) is 22.4 Å². The molecule has 0 unspecified atom stereocenters. The first-order valence-electron chi connectivity index (χ1n) is 8.59. The summed E-state index contributed by atoms with van der Waals surface area (Å²) in [4.78, 5) is 24.1. The van der Waals surface area contributed by atoms with Crippen LogP contribution in [0.1, 0.15) is 29.5 Å². The molecule has 3 heterocycles. The van der Waals surface area contributed by atoms with Gasteiger partial charge in [-0.3, -0.25) is 4.79 Å². The smallest absolute Gasteiger partial charge is 0.425 e. The van der Waals surface area contributed by atoms with Gasteiger partial charge < -0.3 is 20.5 Å². The molecule has 0 saturated heterocycles. The summed E-state index contributed by atoms with van der Waals surface area (Å²) in [5.74, 6) is -1.22. The molecule has 1 aliphatic rings. The Kier molecular flexibility index (Phi) is 5.51. The van der Waals surface area contributed by atoms with Gasteiger partial charge in [-0.15, -0.1) is 0 Å². The summed E-state index contributed by atoms with van der Waals surface area (Å²) < 4.78 is 63.4. The average molecular weight is 427 g/mol. The van der Waals surface area contributed by atoms with Crippen molar-refractivity contribution >= 4 is 17.7 Å². The molecule has 0 saturated carbocycles. The number of carbonyl (C=O) groups is 1. The second-order valence-electron chi connectivity index (χ2n) is 6.64. The van der Waals surface area contributed by atoms with Gasteiger partial charge in [0.15, 0.2) is 6.10 Å². The Bertz CT molecular complexity index is 981. The van der Waals surface area contributed by atoms with E-state index in [1.165, 1.54) is 32.4 Å². The lowest BCUT2D eigenvalue weighted by Gasteiger charge is -2.35. The highest BCUT2D eigenvalue weighted by Gasteiger charge is 2.50. The van der Waals surface area contributed by atoms with Crippen LogP contribution in [-0.2, 0) is 10.3 Å². The van der Waals surface area contributed by atoms with Gasteiger partial charge in [-0.25, -0.2) is 19.4 Å². The number of carbonyl (C=O) groups excluding carboxylic acids is 1. The Labute approximate surface area is 168 Å². The number of hydrogen-bond donors (Lipinski definition) is 2. The second-order valence-corrected chi connectivity index (χ2v) is 6.64. The zero-order valence-corrected chi connectivity index (χ0v) is 15.8. The number of nitrogens with zero attached hydrogens (tertiary/aromatic N) is 3. The van der Waals surface area contributed by atoms with E-state index in [4.69, 9.17) is 10.5 Å². The molecule has 3 N–H and O–H groups in total. The van der Waals surface area contributed by atoms with Crippen LogP contribution in [0.25, 0.3) is 0 Å². The normalized spacial score (nSPS) is 21.4. The van der Waals surface area contributed by atoms with Gasteiger partial charge in [-0.1, -0.05) is 0 Å². The molecule has 0 fully saturated rings. The van der Waals surface area contributed by atoms with Crippen LogP contribution in [-0.4, -0.2) is 41.3 Å². The molecule has 2 aromatic rings. The molecule has 0 aliphatic carbocycles. The van der Waals surface area contributed by atoms with Gasteiger partial charge in [0, 0.05) is 6.42 Å². The Morgan fingerprint density at radius 1 is 1.33 bits per heavy atom. The van der Waals surface area contributed by atoms with E-state index >= 15 is 0 Å². The maximum Gasteiger partial charge on any atom is 0.425 e. The minimum absolute atomic E-state index is 0.0279. The lowest BCUT2D eigenvalue weighted by atomic mass is 9.89. The molecular formula is C18H17F4N5O3. The average Bonchev–Trinajstić information content (AvgIpc) is 2.68. The predicted octanol–water partition coefficient (Wildman–Crippen LogP) is 2.76. The van der Waals surface area contributed by atoms with Crippen LogP contribution in [0.5, 0.6) is 5.75 Å². The van der Waals surface area contributed by atoms with Gasteiger partial charge in [-0.2, -0.15) is 13.2 Å². The number of amidine groups is 1. The minimum Gasteiger partial charge on any atom is -0.495 e. The molecule has 1 aliphatic heterocycles. The van der Waals surface area contributed by atoms with Crippen molar-refractivity contribution < 1.29 is 31.8 Å². The van der Waals surface area contributed by atoms with Crippen LogP contribution >= 0.6 is 0 Å². The summed E-state index contributed by atoms with van der Waals surface area (Å²) in [5, 5.41) is 2.42. The van der Waals surface area contributed by atoms with Crippen LogP contribution in [0.3, 0.4) is 0 Å². The molecule has 2 atom stereocenters. The second kappa shape index (κ2) is 7.76. The molecule has 160 valence electrons. The van der Waals surface area contributed by atoms with E-state index in [-0.39, 0.29) is 11.5 Å². The van der Waals surface area contributed by atoms with E-state index < -0.39 is 47.7 Å². The molecule has 0 spiro atoms. The largest absolute Gasteiger partial charge is 0.495 e. The van der Waals surface area contributed by atoms with E-state index in [1.807, 2.05) is 0 Å². The standard InChI is InChI=1S/C18H17F4N5O3/c1-17(7-12(18(20,21)22)30-16(23)27-17)14-10(19)4-6-13(25-14)26-15(28)11-5-3-9(29-2)8-24-11/h3-6,8,12H,7H2,1-2H3,(H2,23,27)(H,25,26,28)/t12-,17+/m0/s1. The predicted molar refractivity (Wildman–Crippen MR) is 97.5 cm³/mol. The Morgan fingerprint density at radius 3 is 2.67 bits per heavy atom. The number of rotatable bonds is 4. The Morgan fingerprint density at radius 2 is 2.07 bits per heavy atom. The van der Waals surface area contributed by atoms with Crippen molar-refractivity contribution in [2.24, 2.45) is 10.7 Å². The number of aromatic nitrogens is 2. The zero-order valence-electron chi connectivity index (χ0n) is 15.8. The number of ether oxygens (including phenoxy) is 2. The summed E-state index contributed by atoms with van der Waals surface area (Å²) in [7, 11) is 1.44. The molecule has 0 bridgehead atoms. The first-order chi connectivity index (χ1) is 14.0. The zero-order chi connectivity index (χ0) is 22.1. The molecular weight excluding hydrogens is 410 g/mol. The summed E-state index contributed by atoms with van der Waals surface area (Å²) in [6.07, 6.45) is -6.41. The number of pyridine rings is 2. The van der Waals surface area contributed by atoms with Crippen molar-refractivity contribution in [3.63, 3.8) is 0 Å². The topological polar surface area (TPSA) is 112 Å². The number of nitrogens with one attached hydrogen (secondary N) is 1. The third-order valence-electron chi connectivity index (χ3n) is 4.37. The van der Waals surface area contributed by atoms with Gasteiger partial charge in [0.05, 0.1) is 13.3 Å². The highest BCUT2D eigenvalue weighted by molar-refractivity contribution is 6.02. The van der Waals surface area contributed by atoms with Gasteiger partial charge >= 0.3 is 6.18 Å². The quantitative estimate of drug-likeness (QED) is 0.726. The molecule has 2 aromatic heterocycles. The van der Waals surface area contributed by atoms with Crippen LogP contribution in [0.15, 0.2) is 35.5 Å². The van der Waals surface area contributed by atoms with Gasteiger partial charge in [0.1, 0.15) is 34.3 Å². The maximum absolute atomic E-state index is 14.5. The van der Waals surface area contributed by atoms with Crippen LogP contribution in [0.2, 0.25) is 0 Å².